The topological polar surface area (TPSA) is 55.1 Å². The summed E-state index contributed by atoms with van der Waals surface area (Å²) in [6.07, 6.45) is 1.90. The third kappa shape index (κ3) is 1.97. The highest BCUT2D eigenvalue weighted by Gasteiger charge is 2.49. The van der Waals surface area contributed by atoms with Crippen LogP contribution >= 0.6 is 0 Å². The summed E-state index contributed by atoms with van der Waals surface area (Å²) in [6.45, 7) is 6.43. The van der Waals surface area contributed by atoms with Crippen LogP contribution in [0.25, 0.3) is 0 Å². The number of rotatable bonds is 2. The van der Waals surface area contributed by atoms with Gasteiger partial charge in [0.05, 0.1) is 5.41 Å². The molecule has 12 heavy (non-hydrogen) atoms. The van der Waals surface area contributed by atoms with Crippen molar-refractivity contribution in [1.29, 1.82) is 0 Å². The van der Waals surface area contributed by atoms with Crippen LogP contribution in [0.15, 0.2) is 0 Å². The predicted octanol–water partition coefficient (Wildman–Crippen LogP) is 0.640. The second-order valence-electron chi connectivity index (χ2n) is 4.69. The van der Waals surface area contributed by atoms with Crippen molar-refractivity contribution >= 4 is 5.91 Å². The zero-order chi connectivity index (χ0) is 9.41. The van der Waals surface area contributed by atoms with Crippen LogP contribution in [0.4, 0.5) is 0 Å². The quantitative estimate of drug-likeness (QED) is 0.639. The van der Waals surface area contributed by atoms with Gasteiger partial charge in [-0.15, -0.1) is 0 Å². The molecule has 0 aromatic heterocycles. The van der Waals surface area contributed by atoms with Gasteiger partial charge in [0, 0.05) is 12.1 Å². The van der Waals surface area contributed by atoms with Crippen molar-refractivity contribution in [2.45, 2.75) is 39.2 Å². The molecule has 0 bridgehead atoms. The van der Waals surface area contributed by atoms with Crippen LogP contribution in [0, 0.1) is 5.41 Å². The molecule has 0 unspecified atom stereocenters. The third-order valence-corrected chi connectivity index (χ3v) is 2.21. The molecular weight excluding hydrogens is 152 g/mol. The van der Waals surface area contributed by atoms with Crippen LogP contribution in [-0.2, 0) is 4.79 Å². The first kappa shape index (κ1) is 9.52. The van der Waals surface area contributed by atoms with Gasteiger partial charge in [-0.05, 0) is 33.6 Å². The van der Waals surface area contributed by atoms with Gasteiger partial charge in [-0.3, -0.25) is 4.79 Å². The molecule has 0 spiro atoms. The molecule has 3 nitrogen and oxygen atoms in total. The van der Waals surface area contributed by atoms with Gasteiger partial charge in [-0.2, -0.15) is 0 Å². The summed E-state index contributed by atoms with van der Waals surface area (Å²) < 4.78 is 0. The maximum absolute atomic E-state index is 11.6. The normalized spacial score (nSPS) is 20.3. The zero-order valence-corrected chi connectivity index (χ0v) is 8.11. The molecule has 0 radical (unpaired) electrons. The van der Waals surface area contributed by atoms with Gasteiger partial charge in [-0.25, -0.2) is 0 Å². The minimum absolute atomic E-state index is 0.123. The van der Waals surface area contributed by atoms with Crippen LogP contribution in [0.3, 0.4) is 0 Å². The van der Waals surface area contributed by atoms with Gasteiger partial charge in [0.2, 0.25) is 5.91 Å². The number of nitrogens with one attached hydrogen (secondary N) is 1. The molecule has 3 heteroatoms. The first-order valence-corrected chi connectivity index (χ1v) is 4.42. The van der Waals surface area contributed by atoms with Crippen molar-refractivity contribution < 1.29 is 4.79 Å². The smallest absolute Gasteiger partial charge is 0.227 e. The Kier molecular flexibility index (Phi) is 2.17. The third-order valence-electron chi connectivity index (χ3n) is 2.21. The molecule has 1 aliphatic carbocycles. The molecule has 3 N–H and O–H groups in total. The summed E-state index contributed by atoms with van der Waals surface area (Å²) in [5.74, 6) is 0.123. The lowest BCUT2D eigenvalue weighted by atomic mass is 10.0. The number of amides is 1. The second-order valence-corrected chi connectivity index (χ2v) is 4.69. The SMILES string of the molecule is CC(C)(C)NC(=O)C1(CN)CC1. The average molecular weight is 170 g/mol. The molecule has 1 amide bonds. The Labute approximate surface area is 73.7 Å². The van der Waals surface area contributed by atoms with Crippen molar-refractivity contribution in [3.8, 4) is 0 Å². The van der Waals surface area contributed by atoms with Crippen LogP contribution in [0.1, 0.15) is 33.6 Å². The van der Waals surface area contributed by atoms with Crippen molar-refractivity contribution in [3.05, 3.63) is 0 Å². The number of carbonyl (C=O) groups is 1. The van der Waals surface area contributed by atoms with Gasteiger partial charge in [-0.1, -0.05) is 0 Å². The summed E-state index contributed by atoms with van der Waals surface area (Å²) in [5.41, 5.74) is 5.18. The highest BCUT2D eigenvalue weighted by molar-refractivity contribution is 5.86. The first-order valence-electron chi connectivity index (χ1n) is 4.42. The van der Waals surface area contributed by atoms with Gasteiger partial charge < -0.3 is 11.1 Å². The van der Waals surface area contributed by atoms with E-state index in [-0.39, 0.29) is 16.9 Å². The molecular formula is C9H18N2O. The zero-order valence-electron chi connectivity index (χ0n) is 8.11. The monoisotopic (exact) mass is 170 g/mol. The average Bonchev–Trinajstić information content (AvgIpc) is 2.62. The Balaban J connectivity index is 2.49. The van der Waals surface area contributed by atoms with E-state index in [0.717, 1.165) is 12.8 Å². The fourth-order valence-corrected chi connectivity index (χ4v) is 1.15. The van der Waals surface area contributed by atoms with Gasteiger partial charge in [0.25, 0.3) is 0 Å². The minimum Gasteiger partial charge on any atom is -0.351 e. The van der Waals surface area contributed by atoms with E-state index in [1.807, 2.05) is 20.8 Å². The standard InChI is InChI=1S/C9H18N2O/c1-8(2,3)11-7(12)9(6-10)4-5-9/h4-6,10H2,1-3H3,(H,11,12). The summed E-state index contributed by atoms with van der Waals surface area (Å²) in [4.78, 5) is 11.6. The van der Waals surface area contributed by atoms with E-state index in [9.17, 15) is 4.79 Å². The van der Waals surface area contributed by atoms with Gasteiger partial charge >= 0.3 is 0 Å². The first-order chi connectivity index (χ1) is 5.40. The molecule has 0 saturated heterocycles. The van der Waals surface area contributed by atoms with Crippen molar-refractivity contribution in [2.75, 3.05) is 6.54 Å². The molecule has 0 aromatic rings. The molecule has 1 fully saturated rings. The Morgan fingerprint density at radius 3 is 2.25 bits per heavy atom. The molecule has 0 atom stereocenters. The van der Waals surface area contributed by atoms with E-state index >= 15 is 0 Å². The fraction of sp³-hybridized carbons (Fsp3) is 0.889. The summed E-state index contributed by atoms with van der Waals surface area (Å²) >= 11 is 0. The van der Waals surface area contributed by atoms with E-state index < -0.39 is 0 Å². The minimum atomic E-state index is -0.215. The lowest BCUT2D eigenvalue weighted by Gasteiger charge is -2.23. The summed E-state index contributed by atoms with van der Waals surface area (Å²) in [5, 5.41) is 2.95. The Morgan fingerprint density at radius 2 is 2.00 bits per heavy atom. The lowest BCUT2D eigenvalue weighted by molar-refractivity contribution is -0.127. The lowest BCUT2D eigenvalue weighted by Crippen LogP contribution is -2.46. The second kappa shape index (κ2) is 2.73. The van der Waals surface area contributed by atoms with Crippen LogP contribution in [-0.4, -0.2) is 18.0 Å². The highest BCUT2D eigenvalue weighted by Crippen LogP contribution is 2.44. The molecule has 1 rings (SSSR count). The van der Waals surface area contributed by atoms with Crippen LogP contribution in [0.2, 0.25) is 0 Å². The molecule has 0 aliphatic heterocycles. The van der Waals surface area contributed by atoms with Gasteiger partial charge in [0.15, 0.2) is 0 Å². The highest BCUT2D eigenvalue weighted by atomic mass is 16.2. The molecule has 1 saturated carbocycles. The van der Waals surface area contributed by atoms with E-state index in [1.165, 1.54) is 0 Å². The van der Waals surface area contributed by atoms with E-state index in [1.54, 1.807) is 0 Å². The van der Waals surface area contributed by atoms with Crippen molar-refractivity contribution in [2.24, 2.45) is 11.1 Å². The maximum Gasteiger partial charge on any atom is 0.227 e. The fourth-order valence-electron chi connectivity index (χ4n) is 1.15. The Morgan fingerprint density at radius 1 is 1.50 bits per heavy atom. The predicted molar refractivity (Wildman–Crippen MR) is 48.6 cm³/mol. The molecule has 0 aromatic carbocycles. The maximum atomic E-state index is 11.6. The molecule has 0 heterocycles. The Hall–Kier alpha value is -0.570. The van der Waals surface area contributed by atoms with E-state index in [2.05, 4.69) is 5.32 Å². The molecule has 70 valence electrons. The molecule has 1 aliphatic rings. The number of hydrogen-bond acceptors (Lipinski definition) is 2. The van der Waals surface area contributed by atoms with Crippen LogP contribution < -0.4 is 11.1 Å². The largest absolute Gasteiger partial charge is 0.351 e. The number of carbonyl (C=O) groups excluding carboxylic acids is 1. The van der Waals surface area contributed by atoms with E-state index in [4.69, 9.17) is 5.73 Å². The van der Waals surface area contributed by atoms with Crippen LogP contribution in [0.5, 0.6) is 0 Å². The number of nitrogens with two attached hydrogens (primary N) is 1. The van der Waals surface area contributed by atoms with Crippen molar-refractivity contribution in [1.82, 2.24) is 5.32 Å². The van der Waals surface area contributed by atoms with Gasteiger partial charge in [0.1, 0.15) is 0 Å². The summed E-state index contributed by atoms with van der Waals surface area (Å²) in [7, 11) is 0. The Bertz CT molecular complexity index is 189. The van der Waals surface area contributed by atoms with Crippen molar-refractivity contribution in [3.63, 3.8) is 0 Å². The summed E-state index contributed by atoms with van der Waals surface area (Å²) in [6, 6.07) is 0. The number of hydrogen-bond donors (Lipinski definition) is 2. The van der Waals surface area contributed by atoms with E-state index in [0.29, 0.717) is 6.54 Å².